The largest absolute Gasteiger partial charge is 0.326 e. The first-order valence-corrected chi connectivity index (χ1v) is 9.58. The highest BCUT2D eigenvalue weighted by Crippen LogP contribution is 2.50. The van der Waals surface area contributed by atoms with E-state index in [4.69, 9.17) is 0 Å². The van der Waals surface area contributed by atoms with Crippen molar-refractivity contribution in [1.29, 1.82) is 0 Å². The van der Waals surface area contributed by atoms with Gasteiger partial charge in [-0.15, -0.1) is 0 Å². The second-order valence-electron chi connectivity index (χ2n) is 7.42. The van der Waals surface area contributed by atoms with E-state index in [-0.39, 0.29) is 17.7 Å². The lowest BCUT2D eigenvalue weighted by molar-refractivity contribution is -0.143. The molecule has 1 saturated heterocycles. The van der Waals surface area contributed by atoms with Crippen LogP contribution in [0.25, 0.3) is 0 Å². The number of hydrogen-bond acceptors (Lipinski definition) is 3. The molecule has 0 bridgehead atoms. The standard InChI is InChI=1S/C22H23N3O3/c1-16(26)23-19-10-8-17(9-11-19)20(27)24-14-5-15-25(24)21(28)22(12-13-22)18-6-3-2-4-7-18/h2-4,6-11H,5,12-15H2,1H3,(H,23,26). The normalized spacial score (nSPS) is 17.3. The van der Waals surface area contributed by atoms with Crippen molar-refractivity contribution in [3.8, 4) is 0 Å². The molecule has 2 aromatic carbocycles. The molecule has 1 aliphatic carbocycles. The third-order valence-electron chi connectivity index (χ3n) is 5.44. The Morgan fingerprint density at radius 1 is 0.893 bits per heavy atom. The Hall–Kier alpha value is -3.15. The number of benzene rings is 2. The number of nitrogens with zero attached hydrogens (tertiary/aromatic N) is 2. The van der Waals surface area contributed by atoms with Crippen LogP contribution in [0.5, 0.6) is 0 Å². The molecule has 0 aromatic heterocycles. The number of rotatable bonds is 4. The third kappa shape index (κ3) is 3.26. The summed E-state index contributed by atoms with van der Waals surface area (Å²) in [6.07, 6.45) is 2.41. The van der Waals surface area contributed by atoms with Crippen LogP contribution in [-0.4, -0.2) is 40.8 Å². The molecule has 6 nitrogen and oxygen atoms in total. The van der Waals surface area contributed by atoms with Gasteiger partial charge in [-0.05, 0) is 49.1 Å². The highest BCUT2D eigenvalue weighted by Gasteiger charge is 2.54. The van der Waals surface area contributed by atoms with Gasteiger partial charge < -0.3 is 5.32 Å². The second-order valence-corrected chi connectivity index (χ2v) is 7.42. The van der Waals surface area contributed by atoms with Gasteiger partial charge >= 0.3 is 0 Å². The van der Waals surface area contributed by atoms with E-state index in [0.717, 1.165) is 24.8 Å². The Labute approximate surface area is 164 Å². The minimum atomic E-state index is -0.487. The fraction of sp³-hybridized carbons (Fsp3) is 0.318. The topological polar surface area (TPSA) is 69.7 Å². The molecule has 2 fully saturated rings. The molecule has 0 unspecified atom stereocenters. The van der Waals surface area contributed by atoms with Crippen LogP contribution in [-0.2, 0) is 15.0 Å². The summed E-state index contributed by atoms with van der Waals surface area (Å²) in [5.74, 6) is -0.338. The van der Waals surface area contributed by atoms with Gasteiger partial charge in [-0.1, -0.05) is 30.3 Å². The SMILES string of the molecule is CC(=O)Nc1ccc(C(=O)N2CCCN2C(=O)C2(c3ccccc3)CC2)cc1. The van der Waals surface area contributed by atoms with Crippen molar-refractivity contribution in [1.82, 2.24) is 10.0 Å². The molecular weight excluding hydrogens is 354 g/mol. The van der Waals surface area contributed by atoms with E-state index >= 15 is 0 Å². The molecule has 4 rings (SSSR count). The predicted octanol–water partition coefficient (Wildman–Crippen LogP) is 2.97. The first kappa shape index (κ1) is 18.2. The van der Waals surface area contributed by atoms with Crippen LogP contribution >= 0.6 is 0 Å². The van der Waals surface area contributed by atoms with E-state index in [9.17, 15) is 14.4 Å². The van der Waals surface area contributed by atoms with Gasteiger partial charge in [0.15, 0.2) is 0 Å². The van der Waals surface area contributed by atoms with Crippen molar-refractivity contribution < 1.29 is 14.4 Å². The van der Waals surface area contributed by atoms with Gasteiger partial charge in [-0.25, -0.2) is 5.01 Å². The summed E-state index contributed by atoms with van der Waals surface area (Å²) >= 11 is 0. The van der Waals surface area contributed by atoms with Crippen LogP contribution in [0.3, 0.4) is 0 Å². The molecule has 1 heterocycles. The third-order valence-corrected chi connectivity index (χ3v) is 5.44. The number of anilines is 1. The first-order chi connectivity index (χ1) is 13.5. The van der Waals surface area contributed by atoms with Gasteiger partial charge in [0.05, 0.1) is 5.41 Å². The Morgan fingerprint density at radius 3 is 2.14 bits per heavy atom. The quantitative estimate of drug-likeness (QED) is 0.891. The summed E-state index contributed by atoms with van der Waals surface area (Å²) < 4.78 is 0. The number of hydrogen-bond donors (Lipinski definition) is 1. The van der Waals surface area contributed by atoms with Gasteiger partial charge in [0.1, 0.15) is 0 Å². The van der Waals surface area contributed by atoms with Crippen molar-refractivity contribution in [2.24, 2.45) is 0 Å². The summed E-state index contributed by atoms with van der Waals surface area (Å²) in [5, 5.41) is 5.88. The van der Waals surface area contributed by atoms with Gasteiger partial charge in [-0.3, -0.25) is 19.4 Å². The molecule has 2 aromatic rings. The lowest BCUT2D eigenvalue weighted by atomic mass is 9.95. The van der Waals surface area contributed by atoms with E-state index in [2.05, 4.69) is 5.32 Å². The summed E-state index contributed by atoms with van der Waals surface area (Å²) in [6.45, 7) is 2.53. The lowest BCUT2D eigenvalue weighted by Crippen LogP contribution is -2.48. The number of carbonyl (C=O) groups is 3. The molecule has 144 valence electrons. The average Bonchev–Trinajstić information content (AvgIpc) is 3.37. The molecule has 2 aliphatic rings. The fourth-order valence-corrected chi connectivity index (χ4v) is 3.84. The minimum Gasteiger partial charge on any atom is -0.326 e. The molecule has 1 saturated carbocycles. The summed E-state index contributed by atoms with van der Waals surface area (Å²) in [7, 11) is 0. The average molecular weight is 377 g/mol. The van der Waals surface area contributed by atoms with Crippen molar-refractivity contribution >= 4 is 23.4 Å². The number of hydrazine groups is 1. The summed E-state index contributed by atoms with van der Waals surface area (Å²) in [6, 6.07) is 16.6. The zero-order valence-electron chi connectivity index (χ0n) is 15.9. The number of nitrogens with one attached hydrogen (secondary N) is 1. The maximum Gasteiger partial charge on any atom is 0.272 e. The highest BCUT2D eigenvalue weighted by atomic mass is 16.2. The molecular formula is C22H23N3O3. The Balaban J connectivity index is 1.53. The van der Waals surface area contributed by atoms with Crippen LogP contribution in [0.15, 0.2) is 54.6 Å². The molecule has 0 atom stereocenters. The highest BCUT2D eigenvalue weighted by molar-refractivity contribution is 5.98. The smallest absolute Gasteiger partial charge is 0.272 e. The zero-order valence-corrected chi connectivity index (χ0v) is 15.9. The summed E-state index contributed by atoms with van der Waals surface area (Å²) in [4.78, 5) is 37.5. The van der Waals surface area contributed by atoms with Crippen molar-refractivity contribution in [2.75, 3.05) is 18.4 Å². The first-order valence-electron chi connectivity index (χ1n) is 9.58. The molecule has 3 amide bonds. The lowest BCUT2D eigenvalue weighted by Gasteiger charge is -2.31. The van der Waals surface area contributed by atoms with Crippen LogP contribution in [0, 0.1) is 0 Å². The van der Waals surface area contributed by atoms with Gasteiger partial charge in [0, 0.05) is 31.3 Å². The Morgan fingerprint density at radius 2 is 1.54 bits per heavy atom. The van der Waals surface area contributed by atoms with Crippen molar-refractivity contribution in [3.05, 3.63) is 65.7 Å². The molecule has 0 radical (unpaired) electrons. The van der Waals surface area contributed by atoms with E-state index < -0.39 is 5.41 Å². The maximum absolute atomic E-state index is 13.3. The molecule has 28 heavy (non-hydrogen) atoms. The molecule has 1 N–H and O–H groups in total. The minimum absolute atomic E-state index is 0.0133. The van der Waals surface area contributed by atoms with E-state index in [1.54, 1.807) is 34.3 Å². The zero-order chi connectivity index (χ0) is 19.7. The Bertz CT molecular complexity index is 904. The number of carbonyl (C=O) groups excluding carboxylic acids is 3. The monoisotopic (exact) mass is 377 g/mol. The Kier molecular flexibility index (Phi) is 4.63. The van der Waals surface area contributed by atoms with Crippen LogP contribution in [0.1, 0.15) is 42.1 Å². The predicted molar refractivity (Wildman–Crippen MR) is 105 cm³/mol. The summed E-state index contributed by atoms with van der Waals surface area (Å²) in [5.41, 5.74) is 1.68. The molecule has 1 aliphatic heterocycles. The van der Waals surface area contributed by atoms with Gasteiger partial charge in [0.2, 0.25) is 5.91 Å². The van der Waals surface area contributed by atoms with Crippen LogP contribution in [0.4, 0.5) is 5.69 Å². The van der Waals surface area contributed by atoms with Crippen molar-refractivity contribution in [2.45, 2.75) is 31.6 Å². The molecule has 0 spiro atoms. The van der Waals surface area contributed by atoms with Crippen molar-refractivity contribution in [3.63, 3.8) is 0 Å². The number of amides is 3. The van der Waals surface area contributed by atoms with E-state index in [1.165, 1.54) is 6.92 Å². The van der Waals surface area contributed by atoms with Crippen LogP contribution < -0.4 is 5.32 Å². The molecule has 6 heteroatoms. The van der Waals surface area contributed by atoms with Gasteiger partial charge in [0.25, 0.3) is 11.8 Å². The van der Waals surface area contributed by atoms with Gasteiger partial charge in [-0.2, -0.15) is 0 Å². The van der Waals surface area contributed by atoms with E-state index in [0.29, 0.717) is 24.3 Å². The van der Waals surface area contributed by atoms with Crippen LogP contribution in [0.2, 0.25) is 0 Å². The fourth-order valence-electron chi connectivity index (χ4n) is 3.84. The second kappa shape index (κ2) is 7.11. The maximum atomic E-state index is 13.3. The van der Waals surface area contributed by atoms with E-state index in [1.807, 2.05) is 30.3 Å².